The van der Waals surface area contributed by atoms with Crippen LogP contribution >= 0.6 is 11.3 Å². The minimum Gasteiger partial charge on any atom is -0.481 e. The summed E-state index contributed by atoms with van der Waals surface area (Å²) in [6.45, 7) is 6.26. The summed E-state index contributed by atoms with van der Waals surface area (Å²) in [6.07, 6.45) is -0.678. The highest BCUT2D eigenvalue weighted by atomic mass is 32.1. The van der Waals surface area contributed by atoms with Crippen molar-refractivity contribution < 1.29 is 13.9 Å². The van der Waals surface area contributed by atoms with Crippen LogP contribution in [0.15, 0.2) is 54.6 Å². The van der Waals surface area contributed by atoms with Gasteiger partial charge < -0.3 is 4.74 Å². The van der Waals surface area contributed by atoms with Crippen molar-refractivity contribution in [2.75, 3.05) is 11.4 Å². The van der Waals surface area contributed by atoms with Crippen molar-refractivity contribution in [1.29, 1.82) is 0 Å². The lowest BCUT2D eigenvalue weighted by atomic mass is 10.2. The molecule has 0 aliphatic heterocycles. The molecule has 0 saturated carbocycles. The third-order valence-corrected chi connectivity index (χ3v) is 4.93. The van der Waals surface area contributed by atoms with Gasteiger partial charge in [0.05, 0.1) is 0 Å². The topological polar surface area (TPSA) is 55.3 Å². The number of carbonyl (C=O) groups is 1. The molecule has 1 heterocycles. The highest BCUT2D eigenvalue weighted by Crippen LogP contribution is 2.30. The first-order valence-electron chi connectivity index (χ1n) is 9.06. The number of ether oxygens (including phenoxy) is 1. The Morgan fingerprint density at radius 1 is 1.11 bits per heavy atom. The summed E-state index contributed by atoms with van der Waals surface area (Å²) in [7, 11) is 0. The number of nitrogens with zero attached hydrogens (tertiary/aromatic N) is 3. The van der Waals surface area contributed by atoms with Crippen LogP contribution in [0.25, 0.3) is 10.6 Å². The van der Waals surface area contributed by atoms with E-state index in [1.165, 1.54) is 23.5 Å². The SMILES string of the molecule is CC(C)CN(C(=O)C(C)Oc1ccccc1)c1nnc(-c2cccc(F)c2)s1. The standard InChI is InChI=1S/C21H22FN3O2S/c1-14(2)13-25(20(26)15(3)27-18-10-5-4-6-11-18)21-24-23-19(28-21)16-8-7-9-17(22)12-16/h4-12,14-15H,13H2,1-3H3. The number of halogens is 1. The molecule has 2 aromatic carbocycles. The third-order valence-electron chi connectivity index (χ3n) is 3.93. The van der Waals surface area contributed by atoms with Crippen LogP contribution in [0.1, 0.15) is 20.8 Å². The Morgan fingerprint density at radius 2 is 1.86 bits per heavy atom. The van der Waals surface area contributed by atoms with Crippen LogP contribution in [0, 0.1) is 11.7 Å². The molecule has 3 aromatic rings. The van der Waals surface area contributed by atoms with Crippen LogP contribution in [-0.4, -0.2) is 28.8 Å². The van der Waals surface area contributed by atoms with Crippen molar-refractivity contribution >= 4 is 22.4 Å². The van der Waals surface area contributed by atoms with Crippen molar-refractivity contribution in [3.63, 3.8) is 0 Å². The van der Waals surface area contributed by atoms with Crippen LogP contribution in [0.4, 0.5) is 9.52 Å². The van der Waals surface area contributed by atoms with Gasteiger partial charge in [-0.25, -0.2) is 4.39 Å². The van der Waals surface area contributed by atoms with Gasteiger partial charge in [0.2, 0.25) is 5.13 Å². The lowest BCUT2D eigenvalue weighted by Crippen LogP contribution is -2.42. The zero-order chi connectivity index (χ0) is 20.1. The molecule has 0 spiro atoms. The number of rotatable bonds is 7. The first kappa shape index (κ1) is 19.9. The van der Waals surface area contributed by atoms with Gasteiger partial charge in [0, 0.05) is 12.1 Å². The van der Waals surface area contributed by atoms with Gasteiger partial charge in [-0.05, 0) is 37.1 Å². The molecule has 28 heavy (non-hydrogen) atoms. The molecule has 0 N–H and O–H groups in total. The fourth-order valence-corrected chi connectivity index (χ4v) is 3.52. The summed E-state index contributed by atoms with van der Waals surface area (Å²) in [6, 6.07) is 15.4. The number of carbonyl (C=O) groups excluding carboxylic acids is 1. The first-order chi connectivity index (χ1) is 13.4. The number of anilines is 1. The number of hydrogen-bond acceptors (Lipinski definition) is 5. The summed E-state index contributed by atoms with van der Waals surface area (Å²) in [4.78, 5) is 14.7. The summed E-state index contributed by atoms with van der Waals surface area (Å²) in [5, 5.41) is 9.37. The predicted molar refractivity (Wildman–Crippen MR) is 109 cm³/mol. The van der Waals surface area contributed by atoms with Gasteiger partial charge in [-0.3, -0.25) is 9.69 Å². The molecule has 1 atom stereocenters. The van der Waals surface area contributed by atoms with Gasteiger partial charge in [-0.15, -0.1) is 10.2 Å². The molecule has 0 saturated heterocycles. The van der Waals surface area contributed by atoms with Crippen LogP contribution in [0.5, 0.6) is 5.75 Å². The summed E-state index contributed by atoms with van der Waals surface area (Å²) < 4.78 is 19.3. The maximum Gasteiger partial charge on any atom is 0.269 e. The average Bonchev–Trinajstić information content (AvgIpc) is 3.16. The van der Waals surface area contributed by atoms with Crippen molar-refractivity contribution in [2.24, 2.45) is 5.92 Å². The first-order valence-corrected chi connectivity index (χ1v) is 9.88. The summed E-state index contributed by atoms with van der Waals surface area (Å²) in [5.74, 6) is 0.327. The summed E-state index contributed by atoms with van der Waals surface area (Å²) in [5.41, 5.74) is 0.634. The van der Waals surface area contributed by atoms with Crippen LogP contribution in [0.2, 0.25) is 0 Å². The zero-order valence-corrected chi connectivity index (χ0v) is 16.8. The Morgan fingerprint density at radius 3 is 2.54 bits per heavy atom. The van der Waals surface area contributed by atoms with Crippen LogP contribution < -0.4 is 9.64 Å². The number of aromatic nitrogens is 2. The average molecular weight is 399 g/mol. The van der Waals surface area contributed by atoms with Crippen molar-refractivity contribution in [3.05, 3.63) is 60.4 Å². The van der Waals surface area contributed by atoms with Gasteiger partial charge >= 0.3 is 0 Å². The Labute approximate surface area is 167 Å². The van der Waals surface area contributed by atoms with E-state index in [9.17, 15) is 9.18 Å². The lowest BCUT2D eigenvalue weighted by molar-refractivity contribution is -0.124. The molecule has 0 aliphatic carbocycles. The number of hydrogen-bond donors (Lipinski definition) is 0. The van der Waals surface area contributed by atoms with Crippen molar-refractivity contribution in [1.82, 2.24) is 10.2 Å². The molecular formula is C21H22FN3O2S. The molecule has 7 heteroatoms. The molecule has 3 rings (SSSR count). The number of para-hydroxylation sites is 1. The molecule has 0 aliphatic rings. The monoisotopic (exact) mass is 399 g/mol. The van der Waals surface area contributed by atoms with Gasteiger partial charge in [-0.1, -0.05) is 55.5 Å². The molecule has 1 unspecified atom stereocenters. The van der Waals surface area contributed by atoms with E-state index in [0.29, 0.717) is 28.0 Å². The molecule has 146 valence electrons. The van der Waals surface area contributed by atoms with E-state index >= 15 is 0 Å². The normalized spacial score (nSPS) is 12.0. The highest BCUT2D eigenvalue weighted by Gasteiger charge is 2.27. The minimum atomic E-state index is -0.678. The second-order valence-electron chi connectivity index (χ2n) is 6.82. The smallest absolute Gasteiger partial charge is 0.269 e. The maximum absolute atomic E-state index is 13.5. The maximum atomic E-state index is 13.5. The molecule has 0 radical (unpaired) electrons. The highest BCUT2D eigenvalue weighted by molar-refractivity contribution is 7.18. The van der Waals surface area contributed by atoms with Gasteiger partial charge in [-0.2, -0.15) is 0 Å². The third kappa shape index (κ3) is 4.92. The molecule has 1 aromatic heterocycles. The Hall–Kier alpha value is -2.80. The van der Waals surface area contributed by atoms with E-state index in [1.54, 1.807) is 24.0 Å². The van der Waals surface area contributed by atoms with Gasteiger partial charge in [0.15, 0.2) is 6.10 Å². The number of benzene rings is 2. The van der Waals surface area contributed by atoms with E-state index in [4.69, 9.17) is 4.74 Å². The van der Waals surface area contributed by atoms with Gasteiger partial charge in [0.1, 0.15) is 16.6 Å². The Kier molecular flexibility index (Phi) is 6.36. The van der Waals surface area contributed by atoms with E-state index < -0.39 is 6.10 Å². The predicted octanol–water partition coefficient (Wildman–Crippen LogP) is 4.80. The summed E-state index contributed by atoms with van der Waals surface area (Å²) >= 11 is 1.26. The van der Waals surface area contributed by atoms with Gasteiger partial charge in [0.25, 0.3) is 5.91 Å². The molecule has 1 amide bonds. The van der Waals surface area contributed by atoms with Crippen LogP contribution in [-0.2, 0) is 4.79 Å². The van der Waals surface area contributed by atoms with Crippen molar-refractivity contribution in [3.8, 4) is 16.3 Å². The van der Waals surface area contributed by atoms with E-state index in [-0.39, 0.29) is 17.6 Å². The van der Waals surface area contributed by atoms with E-state index in [2.05, 4.69) is 10.2 Å². The minimum absolute atomic E-state index is 0.195. The number of amides is 1. The fraction of sp³-hybridized carbons (Fsp3) is 0.286. The van der Waals surface area contributed by atoms with E-state index in [1.807, 2.05) is 44.2 Å². The second kappa shape index (κ2) is 8.93. The Bertz CT molecular complexity index is 930. The fourth-order valence-electron chi connectivity index (χ4n) is 2.66. The molecule has 5 nitrogen and oxygen atoms in total. The molecule has 0 bridgehead atoms. The quantitative estimate of drug-likeness (QED) is 0.573. The van der Waals surface area contributed by atoms with Crippen LogP contribution in [0.3, 0.4) is 0 Å². The largest absolute Gasteiger partial charge is 0.481 e. The Balaban J connectivity index is 1.82. The molecule has 0 fully saturated rings. The van der Waals surface area contributed by atoms with Crippen molar-refractivity contribution in [2.45, 2.75) is 26.9 Å². The lowest BCUT2D eigenvalue weighted by Gasteiger charge is -2.25. The van der Waals surface area contributed by atoms with E-state index in [0.717, 1.165) is 0 Å². The second-order valence-corrected chi connectivity index (χ2v) is 7.77. The zero-order valence-electron chi connectivity index (χ0n) is 16.0. The molecular weight excluding hydrogens is 377 g/mol.